The summed E-state index contributed by atoms with van der Waals surface area (Å²) in [6.45, 7) is 3.42. The van der Waals surface area contributed by atoms with Crippen molar-refractivity contribution in [3.63, 3.8) is 0 Å². The lowest BCUT2D eigenvalue weighted by Crippen LogP contribution is -2.53. The van der Waals surface area contributed by atoms with Gasteiger partial charge in [0, 0.05) is 45.0 Å². The molecule has 1 amide bonds. The molecule has 2 heterocycles. The van der Waals surface area contributed by atoms with E-state index in [9.17, 15) is 13.2 Å². The fourth-order valence-corrected chi connectivity index (χ4v) is 6.02. The Labute approximate surface area is 195 Å². The van der Waals surface area contributed by atoms with Crippen molar-refractivity contribution in [3.8, 4) is 11.5 Å². The van der Waals surface area contributed by atoms with Gasteiger partial charge in [-0.05, 0) is 61.4 Å². The molecule has 0 bridgehead atoms. The average molecular weight is 474 g/mol. The van der Waals surface area contributed by atoms with Gasteiger partial charge in [0.15, 0.2) is 0 Å². The Morgan fingerprint density at radius 2 is 1.42 bits per heavy atom. The van der Waals surface area contributed by atoms with E-state index in [-0.39, 0.29) is 23.3 Å². The first-order chi connectivity index (χ1) is 15.9. The monoisotopic (exact) mass is 473 g/mol. The van der Waals surface area contributed by atoms with Gasteiger partial charge in [0.05, 0.1) is 25.0 Å². The lowest BCUT2D eigenvalue weighted by atomic mass is 9.97. The van der Waals surface area contributed by atoms with Gasteiger partial charge < -0.3 is 19.3 Å². The molecule has 2 fully saturated rings. The molecular weight excluding hydrogens is 442 g/mol. The summed E-state index contributed by atoms with van der Waals surface area (Å²) >= 11 is 0. The van der Waals surface area contributed by atoms with E-state index in [1.54, 1.807) is 38.5 Å². The molecule has 1 atom stereocenters. The van der Waals surface area contributed by atoms with Gasteiger partial charge in [-0.1, -0.05) is 0 Å². The number of piperazine rings is 1. The van der Waals surface area contributed by atoms with E-state index in [0.717, 1.165) is 24.5 Å². The highest BCUT2D eigenvalue weighted by Crippen LogP contribution is 2.27. The van der Waals surface area contributed by atoms with Crippen molar-refractivity contribution in [1.29, 1.82) is 0 Å². The Hall–Kier alpha value is -2.78. The largest absolute Gasteiger partial charge is 0.497 e. The fraction of sp³-hybridized carbons (Fsp3) is 0.458. The SMILES string of the molecule is COc1ccc(N2CCN(C(=O)C3CCCN(S(=O)(=O)c4ccc(OC)cc4)C3)CC2)cc1. The van der Waals surface area contributed by atoms with Crippen molar-refractivity contribution in [2.75, 3.05) is 58.4 Å². The summed E-state index contributed by atoms with van der Waals surface area (Å²) in [6.07, 6.45) is 1.39. The lowest BCUT2D eigenvalue weighted by Gasteiger charge is -2.39. The molecule has 2 aliphatic heterocycles. The van der Waals surface area contributed by atoms with Gasteiger partial charge in [-0.2, -0.15) is 4.31 Å². The molecule has 0 spiro atoms. The van der Waals surface area contributed by atoms with Gasteiger partial charge in [0.25, 0.3) is 0 Å². The van der Waals surface area contributed by atoms with Crippen LogP contribution < -0.4 is 14.4 Å². The number of benzene rings is 2. The number of methoxy groups -OCH3 is 2. The maximum absolute atomic E-state index is 13.2. The van der Waals surface area contributed by atoms with Gasteiger partial charge in [0.1, 0.15) is 11.5 Å². The number of rotatable bonds is 6. The third kappa shape index (κ3) is 5.09. The molecule has 2 saturated heterocycles. The Bertz CT molecular complexity index is 1050. The van der Waals surface area contributed by atoms with E-state index < -0.39 is 10.0 Å². The molecule has 8 nitrogen and oxygen atoms in total. The van der Waals surface area contributed by atoms with Crippen molar-refractivity contribution < 1.29 is 22.7 Å². The lowest BCUT2D eigenvalue weighted by molar-refractivity contribution is -0.137. The number of anilines is 1. The van der Waals surface area contributed by atoms with Crippen LogP contribution in [0.1, 0.15) is 12.8 Å². The molecule has 4 rings (SSSR count). The van der Waals surface area contributed by atoms with Crippen LogP contribution in [0, 0.1) is 5.92 Å². The molecule has 0 N–H and O–H groups in total. The summed E-state index contributed by atoms with van der Waals surface area (Å²) < 4.78 is 38.0. The molecule has 2 aromatic rings. The van der Waals surface area contributed by atoms with Crippen LogP contribution in [-0.2, 0) is 14.8 Å². The van der Waals surface area contributed by atoms with E-state index in [2.05, 4.69) is 4.90 Å². The minimum atomic E-state index is -3.65. The van der Waals surface area contributed by atoms with Gasteiger partial charge in [-0.15, -0.1) is 0 Å². The predicted octanol–water partition coefficient (Wildman–Crippen LogP) is 2.45. The number of nitrogens with zero attached hydrogens (tertiary/aromatic N) is 3. The zero-order valence-electron chi connectivity index (χ0n) is 19.1. The molecule has 1 unspecified atom stereocenters. The maximum atomic E-state index is 13.2. The van der Waals surface area contributed by atoms with E-state index in [1.807, 2.05) is 29.2 Å². The number of sulfonamides is 1. The summed E-state index contributed by atoms with van der Waals surface area (Å²) in [5, 5.41) is 0. The number of carbonyl (C=O) groups is 1. The zero-order valence-corrected chi connectivity index (χ0v) is 20.0. The van der Waals surface area contributed by atoms with Gasteiger partial charge in [-0.25, -0.2) is 8.42 Å². The fourth-order valence-electron chi connectivity index (χ4n) is 4.50. The van der Waals surface area contributed by atoms with Crippen molar-refractivity contribution in [1.82, 2.24) is 9.21 Å². The Morgan fingerprint density at radius 1 is 0.848 bits per heavy atom. The minimum absolute atomic E-state index is 0.0546. The van der Waals surface area contributed by atoms with Crippen LogP contribution in [0.25, 0.3) is 0 Å². The highest BCUT2D eigenvalue weighted by Gasteiger charge is 2.35. The van der Waals surface area contributed by atoms with Crippen molar-refractivity contribution in [2.45, 2.75) is 17.7 Å². The third-order valence-electron chi connectivity index (χ3n) is 6.46. The average Bonchev–Trinajstić information content (AvgIpc) is 2.88. The second-order valence-corrected chi connectivity index (χ2v) is 10.3. The van der Waals surface area contributed by atoms with E-state index in [1.165, 1.54) is 4.31 Å². The topological polar surface area (TPSA) is 79.4 Å². The number of hydrogen-bond donors (Lipinski definition) is 0. The quantitative estimate of drug-likeness (QED) is 0.641. The van der Waals surface area contributed by atoms with E-state index in [0.29, 0.717) is 38.2 Å². The highest BCUT2D eigenvalue weighted by molar-refractivity contribution is 7.89. The first-order valence-corrected chi connectivity index (χ1v) is 12.7. The molecule has 0 radical (unpaired) electrons. The smallest absolute Gasteiger partial charge is 0.243 e. The number of amides is 1. The van der Waals surface area contributed by atoms with Crippen molar-refractivity contribution in [3.05, 3.63) is 48.5 Å². The zero-order chi connectivity index (χ0) is 23.4. The van der Waals surface area contributed by atoms with Gasteiger partial charge >= 0.3 is 0 Å². The molecular formula is C24H31N3O5S. The molecule has 0 aromatic heterocycles. The van der Waals surface area contributed by atoms with E-state index >= 15 is 0 Å². The van der Waals surface area contributed by atoms with E-state index in [4.69, 9.17) is 9.47 Å². The molecule has 33 heavy (non-hydrogen) atoms. The van der Waals surface area contributed by atoms with Gasteiger partial charge in [-0.3, -0.25) is 4.79 Å². The second-order valence-electron chi connectivity index (χ2n) is 8.39. The molecule has 2 aliphatic rings. The summed E-state index contributed by atoms with van der Waals surface area (Å²) in [6, 6.07) is 14.3. The number of carbonyl (C=O) groups excluding carboxylic acids is 1. The van der Waals surface area contributed by atoms with Crippen molar-refractivity contribution in [2.24, 2.45) is 5.92 Å². The summed E-state index contributed by atoms with van der Waals surface area (Å²) in [7, 11) is -0.457. The minimum Gasteiger partial charge on any atom is -0.497 e. The number of hydrogen-bond acceptors (Lipinski definition) is 6. The molecule has 0 saturated carbocycles. The van der Waals surface area contributed by atoms with Crippen LogP contribution in [0.5, 0.6) is 11.5 Å². The van der Waals surface area contributed by atoms with Crippen LogP contribution in [0.2, 0.25) is 0 Å². The Balaban J connectivity index is 1.36. The first kappa shape index (κ1) is 23.4. The molecule has 2 aromatic carbocycles. The third-order valence-corrected chi connectivity index (χ3v) is 8.34. The van der Waals surface area contributed by atoms with Crippen LogP contribution in [-0.4, -0.2) is 77.0 Å². The second kappa shape index (κ2) is 10.0. The summed E-state index contributed by atoms with van der Waals surface area (Å²) in [4.78, 5) is 17.6. The number of piperidine rings is 1. The highest BCUT2D eigenvalue weighted by atomic mass is 32.2. The van der Waals surface area contributed by atoms with Crippen LogP contribution in [0.3, 0.4) is 0 Å². The summed E-state index contributed by atoms with van der Waals surface area (Å²) in [5.41, 5.74) is 1.11. The predicted molar refractivity (Wildman–Crippen MR) is 126 cm³/mol. The van der Waals surface area contributed by atoms with Crippen LogP contribution in [0.15, 0.2) is 53.4 Å². The molecule has 9 heteroatoms. The molecule has 0 aliphatic carbocycles. The Kier molecular flexibility index (Phi) is 7.09. The van der Waals surface area contributed by atoms with Crippen LogP contribution >= 0.6 is 0 Å². The standard InChI is InChI=1S/C24H31N3O5S/c1-31-21-7-5-20(6-8-21)25-14-16-26(17-15-25)24(28)19-4-3-13-27(18-19)33(29,30)23-11-9-22(32-2)10-12-23/h5-12,19H,3-4,13-18H2,1-2H3. The normalized spacial score (nSPS) is 19.9. The van der Waals surface area contributed by atoms with Crippen molar-refractivity contribution >= 4 is 21.6 Å². The Morgan fingerprint density at radius 3 is 2.00 bits per heavy atom. The number of ether oxygens (including phenoxy) is 2. The first-order valence-electron chi connectivity index (χ1n) is 11.2. The van der Waals surface area contributed by atoms with Gasteiger partial charge in [0.2, 0.25) is 15.9 Å². The van der Waals surface area contributed by atoms with Crippen LogP contribution in [0.4, 0.5) is 5.69 Å². The maximum Gasteiger partial charge on any atom is 0.243 e. The molecule has 178 valence electrons. The summed E-state index contributed by atoms with van der Waals surface area (Å²) in [5.74, 6) is 1.17.